The van der Waals surface area contributed by atoms with Crippen molar-refractivity contribution >= 4 is 16.6 Å². The highest BCUT2D eigenvalue weighted by atomic mass is 16.5. The summed E-state index contributed by atoms with van der Waals surface area (Å²) in [6.45, 7) is 4.68. The van der Waals surface area contributed by atoms with Gasteiger partial charge in [-0.2, -0.15) is 5.10 Å². The van der Waals surface area contributed by atoms with Crippen LogP contribution in [0.5, 0.6) is 5.75 Å². The van der Waals surface area contributed by atoms with E-state index in [-0.39, 0.29) is 12.3 Å². The smallest absolute Gasteiger partial charge is 0.328 e. The topological polar surface area (TPSA) is 80.1 Å². The van der Waals surface area contributed by atoms with E-state index < -0.39 is 0 Å². The normalized spacial score (nSPS) is 21.4. The van der Waals surface area contributed by atoms with Crippen molar-refractivity contribution in [3.05, 3.63) is 52.7 Å². The molecule has 0 unspecified atom stereocenters. The lowest BCUT2D eigenvalue weighted by molar-refractivity contribution is 0.183. The van der Waals surface area contributed by atoms with Gasteiger partial charge in [-0.3, -0.25) is 18.7 Å². The zero-order valence-corrected chi connectivity index (χ0v) is 20.9. The first-order valence-electron chi connectivity index (χ1n) is 12.9. The Balaban J connectivity index is 1.17. The first kappa shape index (κ1) is 23.9. The zero-order chi connectivity index (χ0) is 24.4. The van der Waals surface area contributed by atoms with Gasteiger partial charge in [0.2, 0.25) is 0 Å². The summed E-state index contributed by atoms with van der Waals surface area (Å²) in [6.07, 6.45) is 12.4. The van der Waals surface area contributed by atoms with Crippen LogP contribution in [-0.4, -0.2) is 61.8 Å². The molecule has 1 aromatic carbocycles. The Morgan fingerprint density at radius 3 is 2.51 bits per heavy atom. The second kappa shape index (κ2) is 10.4. The Bertz CT molecular complexity index is 1250. The lowest BCUT2D eigenvalue weighted by Crippen LogP contribution is -2.35. The summed E-state index contributed by atoms with van der Waals surface area (Å²) < 4.78 is 11.2. The molecule has 2 aliphatic rings. The number of fused-ring (bicyclic) bond motifs is 1. The predicted octanol–water partition coefficient (Wildman–Crippen LogP) is 2.77. The van der Waals surface area contributed by atoms with Gasteiger partial charge in [-0.1, -0.05) is 6.08 Å². The average Bonchev–Trinajstić information content (AvgIpc) is 3.41. The number of rotatable bonds is 8. The molecule has 8 nitrogen and oxygen atoms in total. The maximum Gasteiger partial charge on any atom is 0.328 e. The third-order valence-electron chi connectivity index (χ3n) is 7.78. The van der Waals surface area contributed by atoms with E-state index in [0.29, 0.717) is 12.5 Å². The SMILES string of the molecule is Cn1cc(C2=CCN(CC3CCC(Cn4c(=O)n(C)c5ccc(OCC[OH2+])cc54)CC3)CC2)cn1. The van der Waals surface area contributed by atoms with Gasteiger partial charge in [0.25, 0.3) is 0 Å². The van der Waals surface area contributed by atoms with E-state index in [1.165, 1.54) is 43.4 Å². The van der Waals surface area contributed by atoms with Crippen molar-refractivity contribution in [1.82, 2.24) is 23.8 Å². The van der Waals surface area contributed by atoms with Crippen LogP contribution in [0.2, 0.25) is 0 Å². The van der Waals surface area contributed by atoms with E-state index in [1.54, 1.807) is 4.57 Å². The molecule has 1 fully saturated rings. The van der Waals surface area contributed by atoms with Crippen molar-refractivity contribution in [2.24, 2.45) is 25.9 Å². The molecule has 0 saturated heterocycles. The summed E-state index contributed by atoms with van der Waals surface area (Å²) in [5, 5.41) is 11.6. The van der Waals surface area contributed by atoms with E-state index in [2.05, 4.69) is 22.3 Å². The summed E-state index contributed by atoms with van der Waals surface area (Å²) in [4.78, 5) is 15.6. The fourth-order valence-corrected chi connectivity index (χ4v) is 5.77. The monoisotopic (exact) mass is 480 g/mol. The first-order valence-corrected chi connectivity index (χ1v) is 12.9. The Hall–Kier alpha value is -2.84. The summed E-state index contributed by atoms with van der Waals surface area (Å²) in [6, 6.07) is 5.81. The van der Waals surface area contributed by atoms with Gasteiger partial charge in [0.1, 0.15) is 5.75 Å². The minimum atomic E-state index is 0.0456. The van der Waals surface area contributed by atoms with Crippen molar-refractivity contribution in [2.45, 2.75) is 38.6 Å². The van der Waals surface area contributed by atoms with E-state index >= 15 is 0 Å². The summed E-state index contributed by atoms with van der Waals surface area (Å²) >= 11 is 0. The van der Waals surface area contributed by atoms with Crippen LogP contribution in [-0.2, 0) is 20.6 Å². The predicted molar refractivity (Wildman–Crippen MR) is 139 cm³/mol. The highest BCUT2D eigenvalue weighted by Crippen LogP contribution is 2.32. The van der Waals surface area contributed by atoms with Gasteiger partial charge in [0.05, 0.1) is 17.2 Å². The molecule has 8 heteroatoms. The maximum absolute atomic E-state index is 13.0. The molecule has 0 amide bonds. The van der Waals surface area contributed by atoms with E-state index in [4.69, 9.17) is 9.84 Å². The number of aryl methyl sites for hydroxylation is 2. The van der Waals surface area contributed by atoms with Gasteiger partial charge < -0.3 is 9.84 Å². The molecule has 2 N–H and O–H groups in total. The zero-order valence-electron chi connectivity index (χ0n) is 20.9. The minimum absolute atomic E-state index is 0.0456. The van der Waals surface area contributed by atoms with Gasteiger partial charge in [-0.05, 0) is 61.6 Å². The van der Waals surface area contributed by atoms with Crippen LogP contribution in [0.3, 0.4) is 0 Å². The fourth-order valence-electron chi connectivity index (χ4n) is 5.77. The number of hydrogen-bond acceptors (Lipinski definition) is 4. The van der Waals surface area contributed by atoms with Gasteiger partial charge in [-0.25, -0.2) is 4.79 Å². The standard InChI is InChI=1S/C27H37N5O3/c1-29-19-23(16-28-29)22-9-11-31(12-10-22)17-20-3-5-21(6-4-20)18-32-26-15-24(35-14-13-33)7-8-25(26)30(2)27(32)34/h7-9,15-16,19-21,33H,3-6,10-14,17-18H2,1-2H3/p+1. The Morgan fingerprint density at radius 2 is 1.86 bits per heavy atom. The number of nitrogens with zero attached hydrogens (tertiary/aromatic N) is 5. The van der Waals surface area contributed by atoms with Crippen molar-refractivity contribution in [3.63, 3.8) is 0 Å². The summed E-state index contributed by atoms with van der Waals surface area (Å²) in [5.74, 6) is 2.01. The number of hydrogen-bond donors (Lipinski definition) is 0. The average molecular weight is 481 g/mol. The molecule has 188 valence electrons. The van der Waals surface area contributed by atoms with Gasteiger partial charge in [0.15, 0.2) is 13.2 Å². The Labute approximate surface area is 206 Å². The highest BCUT2D eigenvalue weighted by Gasteiger charge is 2.25. The molecular weight excluding hydrogens is 442 g/mol. The lowest BCUT2D eigenvalue weighted by Gasteiger charge is -2.34. The number of ether oxygens (including phenoxy) is 1. The molecule has 1 saturated carbocycles. The quantitative estimate of drug-likeness (QED) is 0.465. The maximum atomic E-state index is 13.0. The van der Waals surface area contributed by atoms with Crippen molar-refractivity contribution in [3.8, 4) is 5.75 Å². The largest absolute Gasteiger partial charge is 0.486 e. The van der Waals surface area contributed by atoms with E-state index in [9.17, 15) is 4.79 Å². The molecule has 1 aliphatic carbocycles. The van der Waals surface area contributed by atoms with Gasteiger partial charge in [-0.15, -0.1) is 0 Å². The van der Waals surface area contributed by atoms with Crippen LogP contribution in [0, 0.1) is 11.8 Å². The molecule has 3 heterocycles. The van der Waals surface area contributed by atoms with Crippen LogP contribution in [0.4, 0.5) is 0 Å². The van der Waals surface area contributed by atoms with Gasteiger partial charge in [0, 0.05) is 58.1 Å². The van der Waals surface area contributed by atoms with Gasteiger partial charge >= 0.3 is 5.69 Å². The van der Waals surface area contributed by atoms with Crippen molar-refractivity contribution in [1.29, 1.82) is 0 Å². The van der Waals surface area contributed by atoms with Crippen LogP contribution in [0.15, 0.2) is 41.5 Å². The first-order chi connectivity index (χ1) is 17.0. The molecule has 0 bridgehead atoms. The molecular formula is C27H38N5O3+. The van der Waals surface area contributed by atoms with Crippen LogP contribution < -0.4 is 10.4 Å². The molecule has 35 heavy (non-hydrogen) atoms. The third kappa shape index (κ3) is 5.23. The second-order valence-corrected chi connectivity index (χ2v) is 10.2. The van der Waals surface area contributed by atoms with E-state index in [1.807, 2.05) is 47.7 Å². The number of benzene rings is 1. The summed E-state index contributed by atoms with van der Waals surface area (Å²) in [7, 11) is 3.81. The molecule has 3 aromatic rings. The Morgan fingerprint density at radius 1 is 1.09 bits per heavy atom. The molecule has 5 rings (SSSR count). The molecule has 0 spiro atoms. The number of aromatic nitrogens is 4. The van der Waals surface area contributed by atoms with Crippen LogP contribution in [0.25, 0.3) is 16.6 Å². The molecule has 1 aliphatic heterocycles. The minimum Gasteiger partial charge on any atom is -0.486 e. The fraction of sp³-hybridized carbons (Fsp3) is 0.556. The van der Waals surface area contributed by atoms with E-state index in [0.717, 1.165) is 48.8 Å². The lowest BCUT2D eigenvalue weighted by atomic mass is 9.81. The number of imidazole rings is 1. The third-order valence-corrected chi connectivity index (χ3v) is 7.78. The van der Waals surface area contributed by atoms with Crippen LogP contribution in [0.1, 0.15) is 37.7 Å². The second-order valence-electron chi connectivity index (χ2n) is 10.2. The molecule has 2 aromatic heterocycles. The van der Waals surface area contributed by atoms with Crippen LogP contribution >= 0.6 is 0 Å². The molecule has 0 atom stereocenters. The van der Waals surface area contributed by atoms with Crippen molar-refractivity contribution < 1.29 is 9.84 Å². The highest BCUT2D eigenvalue weighted by molar-refractivity contribution is 5.77. The summed E-state index contributed by atoms with van der Waals surface area (Å²) in [5.41, 5.74) is 4.60. The van der Waals surface area contributed by atoms with Crippen molar-refractivity contribution in [2.75, 3.05) is 32.8 Å². The Kier molecular flexibility index (Phi) is 7.11. The molecule has 0 radical (unpaired) electrons.